The first-order valence-electron chi connectivity index (χ1n) is 6.51. The number of ether oxygens (including phenoxy) is 1. The number of para-hydroxylation sites is 1. The molecule has 2 rings (SSSR count). The highest BCUT2D eigenvalue weighted by Crippen LogP contribution is 2.21. The Balaban J connectivity index is 2.16. The van der Waals surface area contributed by atoms with Gasteiger partial charge in [0.25, 0.3) is 5.91 Å². The Morgan fingerprint density at radius 1 is 1.29 bits per heavy atom. The van der Waals surface area contributed by atoms with Crippen LogP contribution in [0.3, 0.4) is 0 Å². The van der Waals surface area contributed by atoms with Gasteiger partial charge in [-0.15, -0.1) is 0 Å². The lowest BCUT2D eigenvalue weighted by atomic mass is 10.1. The van der Waals surface area contributed by atoms with Crippen LogP contribution < -0.4 is 15.8 Å². The van der Waals surface area contributed by atoms with E-state index in [9.17, 15) is 9.18 Å². The molecule has 2 aromatic carbocycles. The van der Waals surface area contributed by atoms with Crippen LogP contribution in [0.4, 0.5) is 10.1 Å². The number of hydrogen-bond donors (Lipinski definition) is 2. The topological polar surface area (TPSA) is 64.3 Å². The third-order valence-electron chi connectivity index (χ3n) is 3.24. The summed E-state index contributed by atoms with van der Waals surface area (Å²) in [6, 6.07) is 11.3. The van der Waals surface area contributed by atoms with Crippen molar-refractivity contribution in [3.63, 3.8) is 0 Å². The normalized spacial score (nSPS) is 11.8. The second-order valence-corrected chi connectivity index (χ2v) is 4.67. The van der Waals surface area contributed by atoms with Crippen molar-refractivity contribution in [2.45, 2.75) is 13.0 Å². The second kappa shape index (κ2) is 6.26. The molecule has 0 aliphatic heterocycles. The summed E-state index contributed by atoms with van der Waals surface area (Å²) < 4.78 is 18.5. The lowest BCUT2D eigenvalue weighted by Crippen LogP contribution is -2.27. The Labute approximate surface area is 122 Å². The fourth-order valence-corrected chi connectivity index (χ4v) is 2.00. The Morgan fingerprint density at radius 3 is 2.71 bits per heavy atom. The molecular weight excluding hydrogens is 271 g/mol. The van der Waals surface area contributed by atoms with Crippen molar-refractivity contribution in [2.75, 3.05) is 12.8 Å². The third kappa shape index (κ3) is 3.31. The summed E-state index contributed by atoms with van der Waals surface area (Å²) in [5.74, 6) is -0.308. The Hall–Kier alpha value is -2.56. The maximum Gasteiger partial charge on any atom is 0.253 e. The first kappa shape index (κ1) is 14.8. The fraction of sp³-hybridized carbons (Fsp3) is 0.188. The largest absolute Gasteiger partial charge is 0.497 e. The zero-order chi connectivity index (χ0) is 15.4. The standard InChI is InChI=1S/C16H17FN2O2/c1-10(11-5-3-6-12(9-11)21-2)19-16(20)13-7-4-8-14(17)15(13)18/h3-10H,18H2,1-2H3,(H,19,20). The predicted octanol–water partition coefficient (Wildman–Crippen LogP) is 2.91. The summed E-state index contributed by atoms with van der Waals surface area (Å²) >= 11 is 0. The van der Waals surface area contributed by atoms with Crippen molar-refractivity contribution < 1.29 is 13.9 Å². The van der Waals surface area contributed by atoms with Crippen molar-refractivity contribution in [2.24, 2.45) is 0 Å². The number of carbonyl (C=O) groups is 1. The molecule has 5 heteroatoms. The quantitative estimate of drug-likeness (QED) is 0.850. The van der Waals surface area contributed by atoms with E-state index in [-0.39, 0.29) is 17.3 Å². The van der Waals surface area contributed by atoms with E-state index >= 15 is 0 Å². The predicted molar refractivity (Wildman–Crippen MR) is 79.7 cm³/mol. The number of halogens is 1. The minimum Gasteiger partial charge on any atom is -0.497 e. The van der Waals surface area contributed by atoms with E-state index in [1.54, 1.807) is 7.11 Å². The van der Waals surface area contributed by atoms with Gasteiger partial charge < -0.3 is 15.8 Å². The number of carbonyl (C=O) groups excluding carboxylic acids is 1. The molecule has 0 aliphatic carbocycles. The van der Waals surface area contributed by atoms with Gasteiger partial charge in [-0.1, -0.05) is 18.2 Å². The molecule has 21 heavy (non-hydrogen) atoms. The van der Waals surface area contributed by atoms with Gasteiger partial charge in [-0.05, 0) is 36.8 Å². The highest BCUT2D eigenvalue weighted by molar-refractivity contribution is 5.99. The smallest absolute Gasteiger partial charge is 0.253 e. The summed E-state index contributed by atoms with van der Waals surface area (Å²) in [5.41, 5.74) is 6.46. The van der Waals surface area contributed by atoms with Crippen LogP contribution in [0.1, 0.15) is 28.9 Å². The van der Waals surface area contributed by atoms with Gasteiger partial charge in [0.05, 0.1) is 24.4 Å². The molecular formula is C16H17FN2O2. The van der Waals surface area contributed by atoms with Crippen LogP contribution in [-0.4, -0.2) is 13.0 Å². The maximum absolute atomic E-state index is 13.4. The van der Waals surface area contributed by atoms with Crippen molar-refractivity contribution in [1.29, 1.82) is 0 Å². The molecule has 0 spiro atoms. The van der Waals surface area contributed by atoms with Gasteiger partial charge in [-0.3, -0.25) is 4.79 Å². The van der Waals surface area contributed by atoms with Crippen molar-refractivity contribution in [3.8, 4) is 5.75 Å². The summed E-state index contributed by atoms with van der Waals surface area (Å²) in [6.45, 7) is 1.84. The van der Waals surface area contributed by atoms with Crippen LogP contribution in [0.15, 0.2) is 42.5 Å². The average molecular weight is 288 g/mol. The van der Waals surface area contributed by atoms with Crippen molar-refractivity contribution in [1.82, 2.24) is 5.32 Å². The summed E-state index contributed by atoms with van der Waals surface area (Å²) in [5, 5.41) is 2.79. The number of rotatable bonds is 4. The highest BCUT2D eigenvalue weighted by Gasteiger charge is 2.15. The minimum atomic E-state index is -0.600. The van der Waals surface area contributed by atoms with Crippen LogP contribution in [-0.2, 0) is 0 Å². The molecule has 0 bridgehead atoms. The van der Waals surface area contributed by atoms with Crippen LogP contribution in [0, 0.1) is 5.82 Å². The van der Waals surface area contributed by atoms with Crippen LogP contribution in [0.2, 0.25) is 0 Å². The number of benzene rings is 2. The summed E-state index contributed by atoms with van der Waals surface area (Å²) in [7, 11) is 1.58. The molecule has 0 aromatic heterocycles. The van der Waals surface area contributed by atoms with E-state index in [1.807, 2.05) is 31.2 Å². The van der Waals surface area contributed by atoms with Crippen molar-refractivity contribution in [3.05, 3.63) is 59.4 Å². The van der Waals surface area contributed by atoms with Gasteiger partial charge in [0.2, 0.25) is 0 Å². The molecule has 1 atom stereocenters. The number of anilines is 1. The van der Waals surface area contributed by atoms with Crippen LogP contribution in [0.25, 0.3) is 0 Å². The lowest BCUT2D eigenvalue weighted by Gasteiger charge is -2.16. The Kier molecular flexibility index (Phi) is 4.42. The van der Waals surface area contributed by atoms with Gasteiger partial charge >= 0.3 is 0 Å². The number of nitrogens with one attached hydrogen (secondary N) is 1. The molecule has 3 N–H and O–H groups in total. The van der Waals surface area contributed by atoms with Gasteiger partial charge in [-0.2, -0.15) is 0 Å². The number of nitrogens with two attached hydrogens (primary N) is 1. The zero-order valence-electron chi connectivity index (χ0n) is 11.9. The van der Waals surface area contributed by atoms with E-state index in [1.165, 1.54) is 18.2 Å². The number of amides is 1. The number of nitrogen functional groups attached to an aromatic ring is 1. The molecule has 4 nitrogen and oxygen atoms in total. The first-order valence-corrected chi connectivity index (χ1v) is 6.51. The molecule has 1 unspecified atom stereocenters. The van der Waals surface area contributed by atoms with E-state index in [0.717, 1.165) is 5.56 Å². The van der Waals surface area contributed by atoms with Gasteiger partial charge in [0.15, 0.2) is 0 Å². The molecule has 0 aliphatic rings. The number of methoxy groups -OCH3 is 1. The minimum absolute atomic E-state index is 0.129. The second-order valence-electron chi connectivity index (χ2n) is 4.67. The lowest BCUT2D eigenvalue weighted by molar-refractivity contribution is 0.0940. The van der Waals surface area contributed by atoms with Gasteiger partial charge in [0.1, 0.15) is 11.6 Å². The molecule has 0 radical (unpaired) electrons. The van der Waals surface area contributed by atoms with Crippen LogP contribution in [0.5, 0.6) is 5.75 Å². The van der Waals surface area contributed by atoms with E-state index in [0.29, 0.717) is 5.75 Å². The highest BCUT2D eigenvalue weighted by atomic mass is 19.1. The number of hydrogen-bond acceptors (Lipinski definition) is 3. The van der Waals surface area contributed by atoms with Crippen LogP contribution >= 0.6 is 0 Å². The first-order chi connectivity index (χ1) is 10.0. The molecule has 0 saturated carbocycles. The van der Waals surface area contributed by atoms with Crippen molar-refractivity contribution >= 4 is 11.6 Å². The zero-order valence-corrected chi connectivity index (χ0v) is 11.9. The fourth-order valence-electron chi connectivity index (χ4n) is 2.00. The molecule has 0 heterocycles. The van der Waals surface area contributed by atoms with E-state index < -0.39 is 11.7 Å². The summed E-state index contributed by atoms with van der Waals surface area (Å²) in [6.07, 6.45) is 0. The van der Waals surface area contributed by atoms with E-state index in [2.05, 4.69) is 5.32 Å². The van der Waals surface area contributed by atoms with E-state index in [4.69, 9.17) is 10.5 Å². The third-order valence-corrected chi connectivity index (χ3v) is 3.24. The van der Waals surface area contributed by atoms with Gasteiger partial charge in [-0.25, -0.2) is 4.39 Å². The Bertz CT molecular complexity index is 658. The molecule has 110 valence electrons. The SMILES string of the molecule is COc1cccc(C(C)NC(=O)c2cccc(F)c2N)c1. The molecule has 1 amide bonds. The maximum atomic E-state index is 13.4. The molecule has 2 aromatic rings. The van der Waals surface area contributed by atoms with Gasteiger partial charge in [0, 0.05) is 0 Å². The molecule has 0 saturated heterocycles. The Morgan fingerprint density at radius 2 is 2.00 bits per heavy atom. The monoisotopic (exact) mass is 288 g/mol. The average Bonchev–Trinajstić information content (AvgIpc) is 2.49. The summed E-state index contributed by atoms with van der Waals surface area (Å²) in [4.78, 5) is 12.2. The molecule has 0 fully saturated rings.